The van der Waals surface area contributed by atoms with Gasteiger partial charge in [-0.3, -0.25) is 4.79 Å². The minimum absolute atomic E-state index is 0.219. The van der Waals surface area contributed by atoms with Crippen molar-refractivity contribution < 1.29 is 9.18 Å². The normalized spacial score (nSPS) is 15.0. The maximum absolute atomic E-state index is 12.6. The van der Waals surface area contributed by atoms with Crippen molar-refractivity contribution in [3.05, 3.63) is 36.2 Å². The number of carbonyl (C=O) groups excluding carboxylic acids is 1. The van der Waals surface area contributed by atoms with Gasteiger partial charge in [0.25, 0.3) is 5.91 Å². The lowest BCUT2D eigenvalue weighted by molar-refractivity contribution is 0.102. The van der Waals surface area contributed by atoms with Gasteiger partial charge in [0.15, 0.2) is 5.69 Å². The molecule has 7 nitrogen and oxygen atoms in total. The summed E-state index contributed by atoms with van der Waals surface area (Å²) in [5.41, 5.74) is 0.627. The molecule has 3 heterocycles. The first-order valence-electron chi connectivity index (χ1n) is 5.78. The Labute approximate surface area is 107 Å². The third-order valence-electron chi connectivity index (χ3n) is 2.86. The molecule has 0 unspecified atom stereocenters. The van der Waals surface area contributed by atoms with E-state index in [9.17, 15) is 9.18 Å². The molecule has 0 aromatic carbocycles. The lowest BCUT2D eigenvalue weighted by atomic mass is 10.2. The highest BCUT2D eigenvalue weighted by Crippen LogP contribution is 2.11. The SMILES string of the molecule is O=C(Nc1ccc(F)nc1)c1cn(C2CNC2)nn1. The maximum Gasteiger partial charge on any atom is 0.277 e. The molecular formula is C11H11FN6O. The lowest BCUT2D eigenvalue weighted by Gasteiger charge is -2.26. The molecule has 1 aliphatic rings. The van der Waals surface area contributed by atoms with Crippen molar-refractivity contribution in [1.82, 2.24) is 25.3 Å². The molecule has 3 rings (SSSR count). The van der Waals surface area contributed by atoms with Crippen LogP contribution in [0.4, 0.5) is 10.1 Å². The summed E-state index contributed by atoms with van der Waals surface area (Å²) >= 11 is 0. The van der Waals surface area contributed by atoms with Gasteiger partial charge in [-0.15, -0.1) is 5.10 Å². The fourth-order valence-electron chi connectivity index (χ4n) is 1.66. The summed E-state index contributed by atoms with van der Waals surface area (Å²) in [5.74, 6) is -0.992. The molecule has 0 atom stereocenters. The molecule has 1 fully saturated rings. The first kappa shape index (κ1) is 11.7. The van der Waals surface area contributed by atoms with E-state index in [1.54, 1.807) is 10.9 Å². The lowest BCUT2D eigenvalue weighted by Crippen LogP contribution is -2.43. The van der Waals surface area contributed by atoms with Crippen LogP contribution < -0.4 is 10.6 Å². The number of halogens is 1. The number of carbonyl (C=O) groups is 1. The van der Waals surface area contributed by atoms with Gasteiger partial charge in [-0.05, 0) is 12.1 Å². The number of aromatic nitrogens is 4. The molecule has 98 valence electrons. The Balaban J connectivity index is 1.69. The second-order valence-corrected chi connectivity index (χ2v) is 4.22. The van der Waals surface area contributed by atoms with E-state index in [1.165, 1.54) is 18.3 Å². The van der Waals surface area contributed by atoms with Crippen LogP contribution in [0.15, 0.2) is 24.5 Å². The molecular weight excluding hydrogens is 251 g/mol. The molecule has 0 spiro atoms. The Bertz CT molecular complexity index is 591. The topological polar surface area (TPSA) is 84.7 Å². The quantitative estimate of drug-likeness (QED) is 0.772. The van der Waals surface area contributed by atoms with Crippen LogP contribution in [-0.2, 0) is 0 Å². The van der Waals surface area contributed by atoms with Gasteiger partial charge in [0, 0.05) is 13.1 Å². The highest BCUT2D eigenvalue weighted by atomic mass is 19.1. The molecule has 2 aromatic heterocycles. The van der Waals surface area contributed by atoms with Crippen LogP contribution in [0, 0.1) is 5.95 Å². The van der Waals surface area contributed by atoms with Crippen LogP contribution in [0.25, 0.3) is 0 Å². The van der Waals surface area contributed by atoms with Crippen LogP contribution in [0.2, 0.25) is 0 Å². The van der Waals surface area contributed by atoms with Gasteiger partial charge in [-0.2, -0.15) is 4.39 Å². The molecule has 1 saturated heterocycles. The van der Waals surface area contributed by atoms with Crippen LogP contribution in [0.3, 0.4) is 0 Å². The average molecular weight is 262 g/mol. The third-order valence-corrected chi connectivity index (χ3v) is 2.86. The summed E-state index contributed by atoms with van der Waals surface area (Å²) < 4.78 is 14.3. The third kappa shape index (κ3) is 2.43. The van der Waals surface area contributed by atoms with E-state index in [0.717, 1.165) is 13.1 Å². The van der Waals surface area contributed by atoms with E-state index in [-0.39, 0.29) is 11.7 Å². The first-order chi connectivity index (χ1) is 9.22. The Morgan fingerprint density at radius 1 is 1.47 bits per heavy atom. The van der Waals surface area contributed by atoms with Gasteiger partial charge >= 0.3 is 0 Å². The summed E-state index contributed by atoms with van der Waals surface area (Å²) in [4.78, 5) is 15.3. The van der Waals surface area contributed by atoms with Gasteiger partial charge in [0.2, 0.25) is 5.95 Å². The van der Waals surface area contributed by atoms with Crippen LogP contribution in [0.1, 0.15) is 16.5 Å². The van der Waals surface area contributed by atoms with Gasteiger partial charge in [-0.25, -0.2) is 9.67 Å². The van der Waals surface area contributed by atoms with E-state index in [0.29, 0.717) is 5.69 Å². The van der Waals surface area contributed by atoms with Crippen molar-refractivity contribution in [2.24, 2.45) is 0 Å². The largest absolute Gasteiger partial charge is 0.319 e. The number of nitrogens with one attached hydrogen (secondary N) is 2. The van der Waals surface area contributed by atoms with Gasteiger partial charge < -0.3 is 10.6 Å². The summed E-state index contributed by atoms with van der Waals surface area (Å²) in [5, 5.41) is 13.4. The summed E-state index contributed by atoms with van der Waals surface area (Å²) in [7, 11) is 0. The number of pyridine rings is 1. The van der Waals surface area contributed by atoms with Crippen LogP contribution in [0.5, 0.6) is 0 Å². The van der Waals surface area contributed by atoms with Crippen molar-refractivity contribution in [1.29, 1.82) is 0 Å². The minimum atomic E-state index is -0.596. The zero-order chi connectivity index (χ0) is 13.2. The molecule has 1 amide bonds. The maximum atomic E-state index is 12.6. The molecule has 0 saturated carbocycles. The number of rotatable bonds is 3. The van der Waals surface area contributed by atoms with E-state index < -0.39 is 11.9 Å². The van der Waals surface area contributed by atoms with E-state index >= 15 is 0 Å². The molecule has 1 aliphatic heterocycles. The Morgan fingerprint density at radius 2 is 2.32 bits per heavy atom. The second kappa shape index (κ2) is 4.73. The Hall–Kier alpha value is -2.35. The number of anilines is 1. The van der Waals surface area contributed by atoms with Crippen molar-refractivity contribution in [2.75, 3.05) is 18.4 Å². The van der Waals surface area contributed by atoms with Crippen LogP contribution in [-0.4, -0.2) is 39.0 Å². The van der Waals surface area contributed by atoms with E-state index in [4.69, 9.17) is 0 Å². The van der Waals surface area contributed by atoms with E-state index in [2.05, 4.69) is 25.9 Å². The van der Waals surface area contributed by atoms with Crippen molar-refractivity contribution >= 4 is 11.6 Å². The summed E-state index contributed by atoms with van der Waals surface area (Å²) in [6, 6.07) is 2.86. The van der Waals surface area contributed by atoms with Crippen molar-refractivity contribution in [3.63, 3.8) is 0 Å². The molecule has 2 aromatic rings. The predicted octanol–water partition coefficient (Wildman–Crippen LogP) is 0.209. The second-order valence-electron chi connectivity index (χ2n) is 4.22. The number of hydrogen-bond donors (Lipinski definition) is 2. The number of amides is 1. The highest BCUT2D eigenvalue weighted by Gasteiger charge is 2.21. The zero-order valence-electron chi connectivity index (χ0n) is 9.88. The first-order valence-corrected chi connectivity index (χ1v) is 5.78. The van der Waals surface area contributed by atoms with Gasteiger partial charge in [0.1, 0.15) is 0 Å². The van der Waals surface area contributed by atoms with Crippen molar-refractivity contribution in [3.8, 4) is 0 Å². The average Bonchev–Trinajstić information content (AvgIpc) is 2.79. The van der Waals surface area contributed by atoms with Gasteiger partial charge in [-0.1, -0.05) is 5.21 Å². The smallest absolute Gasteiger partial charge is 0.277 e. The Kier molecular flexibility index (Phi) is 2.92. The minimum Gasteiger partial charge on any atom is -0.319 e. The molecule has 8 heteroatoms. The number of nitrogens with zero attached hydrogens (tertiary/aromatic N) is 4. The fraction of sp³-hybridized carbons (Fsp3) is 0.273. The predicted molar refractivity (Wildman–Crippen MR) is 64.1 cm³/mol. The fourth-order valence-corrected chi connectivity index (χ4v) is 1.66. The summed E-state index contributed by atoms with van der Waals surface area (Å²) in [6.07, 6.45) is 2.84. The van der Waals surface area contributed by atoms with Gasteiger partial charge in [0.05, 0.1) is 24.1 Å². The molecule has 19 heavy (non-hydrogen) atoms. The van der Waals surface area contributed by atoms with Crippen LogP contribution >= 0.6 is 0 Å². The summed E-state index contributed by atoms with van der Waals surface area (Å²) in [6.45, 7) is 1.65. The van der Waals surface area contributed by atoms with Crippen molar-refractivity contribution in [2.45, 2.75) is 6.04 Å². The highest BCUT2D eigenvalue weighted by molar-refractivity contribution is 6.02. The zero-order valence-corrected chi connectivity index (χ0v) is 9.88. The standard InChI is InChI=1S/C11H11FN6O/c12-10-2-1-7(3-14-10)15-11(19)9-6-18(17-16-9)8-4-13-5-8/h1-3,6,8,13H,4-5H2,(H,15,19). The molecule has 0 radical (unpaired) electrons. The Morgan fingerprint density at radius 3 is 2.95 bits per heavy atom. The molecule has 0 bridgehead atoms. The monoisotopic (exact) mass is 262 g/mol. The molecule has 0 aliphatic carbocycles. The molecule has 2 N–H and O–H groups in total. The number of hydrogen-bond acceptors (Lipinski definition) is 5. The van der Waals surface area contributed by atoms with E-state index in [1.807, 2.05) is 0 Å².